The van der Waals surface area contributed by atoms with Crippen molar-refractivity contribution in [3.63, 3.8) is 0 Å². The largest absolute Gasteiger partial charge is 0.496 e. The Bertz CT molecular complexity index is 411. The minimum absolute atomic E-state index is 0.114. The Kier molecular flexibility index (Phi) is 4.49. The number of benzene rings is 1. The van der Waals surface area contributed by atoms with Crippen molar-refractivity contribution in [2.45, 2.75) is 32.2 Å². The molecule has 1 aromatic rings. The van der Waals surface area contributed by atoms with Gasteiger partial charge in [-0.3, -0.25) is 11.3 Å². The van der Waals surface area contributed by atoms with Crippen molar-refractivity contribution < 1.29 is 4.74 Å². The molecule has 1 aromatic carbocycles. The Labute approximate surface area is 114 Å². The Hall–Kier alpha value is -0.770. The number of hydrogen-bond donors (Lipinski definition) is 2. The average Bonchev–Trinajstić information content (AvgIpc) is 2.77. The van der Waals surface area contributed by atoms with Crippen LogP contribution in [0.15, 0.2) is 18.2 Å². The van der Waals surface area contributed by atoms with Gasteiger partial charge in [-0.2, -0.15) is 0 Å². The van der Waals surface area contributed by atoms with Crippen LogP contribution in [0.1, 0.15) is 37.8 Å². The summed E-state index contributed by atoms with van der Waals surface area (Å²) in [6.07, 6.45) is 3.67. The van der Waals surface area contributed by atoms with E-state index in [2.05, 4.69) is 12.3 Å². The first-order chi connectivity index (χ1) is 8.65. The highest BCUT2D eigenvalue weighted by Gasteiger charge is 2.30. The number of hydrogen-bond acceptors (Lipinski definition) is 3. The highest BCUT2D eigenvalue weighted by molar-refractivity contribution is 6.30. The summed E-state index contributed by atoms with van der Waals surface area (Å²) in [5, 5.41) is 0.720. The topological polar surface area (TPSA) is 47.3 Å². The first kappa shape index (κ1) is 13.7. The van der Waals surface area contributed by atoms with Crippen molar-refractivity contribution in [2.75, 3.05) is 7.11 Å². The molecule has 1 saturated carbocycles. The molecule has 2 rings (SSSR count). The molecule has 0 amide bonds. The smallest absolute Gasteiger partial charge is 0.123 e. The van der Waals surface area contributed by atoms with Crippen molar-refractivity contribution >= 4 is 11.6 Å². The maximum atomic E-state index is 6.09. The highest BCUT2D eigenvalue weighted by atomic mass is 35.5. The summed E-state index contributed by atoms with van der Waals surface area (Å²) in [6.45, 7) is 2.29. The van der Waals surface area contributed by atoms with Crippen LogP contribution in [0.3, 0.4) is 0 Å². The summed E-state index contributed by atoms with van der Waals surface area (Å²) in [5.74, 6) is 7.93. The van der Waals surface area contributed by atoms with Gasteiger partial charge in [0.25, 0.3) is 0 Å². The third kappa shape index (κ3) is 2.79. The first-order valence-corrected chi connectivity index (χ1v) is 6.83. The Morgan fingerprint density at radius 3 is 2.78 bits per heavy atom. The Morgan fingerprint density at radius 2 is 2.22 bits per heavy atom. The minimum atomic E-state index is 0.114. The second kappa shape index (κ2) is 5.91. The molecule has 0 radical (unpaired) electrons. The summed E-state index contributed by atoms with van der Waals surface area (Å²) in [6, 6.07) is 5.81. The van der Waals surface area contributed by atoms with E-state index in [1.165, 1.54) is 19.3 Å². The van der Waals surface area contributed by atoms with Crippen LogP contribution in [0.4, 0.5) is 0 Å². The van der Waals surface area contributed by atoms with E-state index in [1.807, 2.05) is 18.2 Å². The maximum Gasteiger partial charge on any atom is 0.123 e. The number of nitrogens with two attached hydrogens (primary N) is 1. The number of rotatable bonds is 4. The number of nitrogens with one attached hydrogen (secondary N) is 1. The molecular weight excluding hydrogens is 248 g/mol. The zero-order valence-corrected chi connectivity index (χ0v) is 11.7. The lowest BCUT2D eigenvalue weighted by Gasteiger charge is -2.25. The second-order valence-corrected chi connectivity index (χ2v) is 5.65. The molecule has 0 aromatic heterocycles. The van der Waals surface area contributed by atoms with Gasteiger partial charge >= 0.3 is 0 Å². The zero-order valence-electron chi connectivity index (χ0n) is 10.9. The van der Waals surface area contributed by atoms with Crippen molar-refractivity contribution in [1.29, 1.82) is 0 Å². The second-order valence-electron chi connectivity index (χ2n) is 5.21. The van der Waals surface area contributed by atoms with Crippen LogP contribution >= 0.6 is 11.6 Å². The lowest BCUT2D eigenvalue weighted by molar-refractivity contribution is 0.342. The Morgan fingerprint density at radius 1 is 1.44 bits per heavy atom. The average molecular weight is 269 g/mol. The molecule has 1 aliphatic rings. The summed E-state index contributed by atoms with van der Waals surface area (Å²) in [4.78, 5) is 0. The summed E-state index contributed by atoms with van der Waals surface area (Å²) >= 11 is 6.09. The summed E-state index contributed by atoms with van der Waals surface area (Å²) < 4.78 is 5.42. The van der Waals surface area contributed by atoms with Crippen molar-refractivity contribution in [3.8, 4) is 5.75 Å². The molecule has 0 heterocycles. The van der Waals surface area contributed by atoms with Gasteiger partial charge in [-0.25, -0.2) is 0 Å². The van der Waals surface area contributed by atoms with Crippen LogP contribution in [0.2, 0.25) is 5.02 Å². The predicted octanol–water partition coefficient (Wildman–Crippen LogP) is 3.29. The van der Waals surface area contributed by atoms with Gasteiger partial charge in [0, 0.05) is 10.6 Å². The molecule has 3 N–H and O–H groups in total. The maximum absolute atomic E-state index is 6.09. The van der Waals surface area contributed by atoms with Crippen LogP contribution in [0.5, 0.6) is 5.75 Å². The van der Waals surface area contributed by atoms with Crippen LogP contribution < -0.4 is 16.0 Å². The molecule has 1 aliphatic carbocycles. The fraction of sp³-hybridized carbons (Fsp3) is 0.571. The SMILES string of the molecule is COc1ccc(Cl)cc1C(NN)C1CCC(C)C1. The molecule has 4 heteroatoms. The standard InChI is InChI=1S/C14H21ClN2O/c1-9-3-4-10(7-9)14(17-16)12-8-11(15)5-6-13(12)18-2/h5-6,8-10,14,17H,3-4,7,16H2,1-2H3. The molecule has 1 fully saturated rings. The monoisotopic (exact) mass is 268 g/mol. The third-order valence-electron chi connectivity index (χ3n) is 3.91. The van der Waals surface area contributed by atoms with Crippen molar-refractivity contribution in [3.05, 3.63) is 28.8 Å². The van der Waals surface area contributed by atoms with E-state index < -0.39 is 0 Å². The van der Waals surface area contributed by atoms with E-state index in [4.69, 9.17) is 22.2 Å². The first-order valence-electron chi connectivity index (χ1n) is 6.45. The van der Waals surface area contributed by atoms with E-state index in [0.717, 1.165) is 22.3 Å². The van der Waals surface area contributed by atoms with E-state index in [0.29, 0.717) is 5.92 Å². The van der Waals surface area contributed by atoms with Crippen LogP contribution in [0, 0.1) is 11.8 Å². The lowest BCUT2D eigenvalue weighted by Crippen LogP contribution is -2.33. The number of hydrazine groups is 1. The van der Waals surface area contributed by atoms with Gasteiger partial charge in [-0.1, -0.05) is 24.9 Å². The van der Waals surface area contributed by atoms with Crippen molar-refractivity contribution in [2.24, 2.45) is 17.7 Å². The molecule has 3 nitrogen and oxygen atoms in total. The molecule has 18 heavy (non-hydrogen) atoms. The van der Waals surface area contributed by atoms with Gasteiger partial charge in [0.2, 0.25) is 0 Å². The van der Waals surface area contributed by atoms with E-state index >= 15 is 0 Å². The quantitative estimate of drug-likeness (QED) is 0.651. The van der Waals surface area contributed by atoms with Gasteiger partial charge in [-0.05, 0) is 42.9 Å². The van der Waals surface area contributed by atoms with Crippen LogP contribution in [0.25, 0.3) is 0 Å². The van der Waals surface area contributed by atoms with E-state index in [1.54, 1.807) is 7.11 Å². The molecule has 3 atom stereocenters. The number of methoxy groups -OCH3 is 1. The number of ether oxygens (including phenoxy) is 1. The van der Waals surface area contributed by atoms with Gasteiger partial charge in [0.05, 0.1) is 13.2 Å². The fourth-order valence-electron chi connectivity index (χ4n) is 2.98. The summed E-state index contributed by atoms with van der Waals surface area (Å²) in [7, 11) is 1.68. The molecule has 0 spiro atoms. The molecular formula is C14H21ClN2O. The van der Waals surface area contributed by atoms with E-state index in [9.17, 15) is 0 Å². The molecule has 0 bridgehead atoms. The minimum Gasteiger partial charge on any atom is -0.496 e. The van der Waals surface area contributed by atoms with Gasteiger partial charge in [-0.15, -0.1) is 0 Å². The normalized spacial score (nSPS) is 25.1. The van der Waals surface area contributed by atoms with Crippen molar-refractivity contribution in [1.82, 2.24) is 5.43 Å². The third-order valence-corrected chi connectivity index (χ3v) is 4.15. The van der Waals surface area contributed by atoms with Gasteiger partial charge < -0.3 is 4.74 Å². The molecule has 100 valence electrons. The van der Waals surface area contributed by atoms with Crippen LogP contribution in [-0.2, 0) is 0 Å². The molecule has 0 aliphatic heterocycles. The van der Waals surface area contributed by atoms with E-state index in [-0.39, 0.29) is 6.04 Å². The molecule has 3 unspecified atom stereocenters. The molecule has 0 saturated heterocycles. The Balaban J connectivity index is 2.29. The van der Waals surface area contributed by atoms with Gasteiger partial charge in [0.15, 0.2) is 0 Å². The summed E-state index contributed by atoms with van der Waals surface area (Å²) in [5.41, 5.74) is 4.01. The highest BCUT2D eigenvalue weighted by Crippen LogP contribution is 2.41. The lowest BCUT2D eigenvalue weighted by atomic mass is 9.91. The van der Waals surface area contributed by atoms with Crippen LogP contribution in [-0.4, -0.2) is 7.11 Å². The zero-order chi connectivity index (χ0) is 13.1. The number of halogens is 1. The predicted molar refractivity (Wildman–Crippen MR) is 74.6 cm³/mol. The fourth-order valence-corrected chi connectivity index (χ4v) is 3.16. The van der Waals surface area contributed by atoms with Gasteiger partial charge in [0.1, 0.15) is 5.75 Å².